The monoisotopic (exact) mass is 401 g/mol. The van der Waals surface area contributed by atoms with Crippen molar-refractivity contribution in [2.24, 2.45) is 0 Å². The van der Waals surface area contributed by atoms with Crippen molar-refractivity contribution in [3.63, 3.8) is 0 Å². The number of nitrogens with one attached hydrogen (secondary N) is 2. The maximum absolute atomic E-state index is 6.01. The van der Waals surface area contributed by atoms with Gasteiger partial charge in [0.25, 0.3) is 0 Å². The van der Waals surface area contributed by atoms with Crippen LogP contribution in [0.1, 0.15) is 35.0 Å². The fraction of sp³-hybridized carbons (Fsp3) is 0.320. The Hall–Kier alpha value is -2.57. The molecule has 0 aliphatic carbocycles. The molecule has 0 saturated carbocycles. The lowest BCUT2D eigenvalue weighted by molar-refractivity contribution is 0.0890. The van der Waals surface area contributed by atoms with E-state index in [1.807, 2.05) is 30.3 Å². The minimum Gasteiger partial charge on any atom is -0.356 e. The van der Waals surface area contributed by atoms with E-state index in [0.29, 0.717) is 25.3 Å². The van der Waals surface area contributed by atoms with E-state index in [0.717, 1.165) is 24.2 Å². The zero-order valence-electron chi connectivity index (χ0n) is 16.9. The lowest BCUT2D eigenvalue weighted by Gasteiger charge is -2.16. The fourth-order valence-corrected chi connectivity index (χ4v) is 4.18. The first-order chi connectivity index (χ1) is 14.8. The molecule has 5 heteroatoms. The minimum absolute atomic E-state index is 0.180. The van der Waals surface area contributed by atoms with Crippen molar-refractivity contribution >= 4 is 0 Å². The van der Waals surface area contributed by atoms with Gasteiger partial charge in [0.1, 0.15) is 0 Å². The van der Waals surface area contributed by atoms with Crippen LogP contribution in [0.15, 0.2) is 78.9 Å². The van der Waals surface area contributed by atoms with Crippen molar-refractivity contribution in [1.29, 1.82) is 0 Å². The maximum Gasteiger partial charge on any atom is 0.151 e. The molecular weight excluding hydrogens is 374 g/mol. The largest absolute Gasteiger partial charge is 0.356 e. The highest BCUT2D eigenvalue weighted by molar-refractivity contribution is 5.20. The summed E-state index contributed by atoms with van der Waals surface area (Å²) in [4.78, 5) is 4.84. The highest BCUT2D eigenvalue weighted by Crippen LogP contribution is 2.25. The molecular formula is C25H27N3O2. The standard InChI is InChI=1S/C25H27N3O2/c1-3-8-18(9-4-1)14-20-16-29-24(26-20)22-12-7-13-23(28-22)25-27-21(17-30-25)15-19-10-5-2-6-11-19/h1-13,20-21,24-27H,14-17H2/t20-,21-,24?,25?/m0/s1. The Balaban J connectivity index is 1.20. The van der Waals surface area contributed by atoms with Crippen LogP contribution in [-0.4, -0.2) is 30.3 Å². The van der Waals surface area contributed by atoms with E-state index in [1.54, 1.807) is 0 Å². The van der Waals surface area contributed by atoms with Crippen molar-refractivity contribution in [3.05, 3.63) is 101 Å². The lowest BCUT2D eigenvalue weighted by atomic mass is 10.1. The zero-order valence-corrected chi connectivity index (χ0v) is 16.9. The van der Waals surface area contributed by atoms with Crippen molar-refractivity contribution in [2.75, 3.05) is 13.2 Å². The van der Waals surface area contributed by atoms with Gasteiger partial charge < -0.3 is 9.47 Å². The summed E-state index contributed by atoms with van der Waals surface area (Å²) in [5, 5.41) is 7.14. The molecule has 30 heavy (non-hydrogen) atoms. The van der Waals surface area contributed by atoms with Crippen LogP contribution in [0.2, 0.25) is 0 Å². The predicted octanol–water partition coefficient (Wildman–Crippen LogP) is 3.54. The van der Waals surface area contributed by atoms with E-state index in [1.165, 1.54) is 11.1 Å². The van der Waals surface area contributed by atoms with Gasteiger partial charge in [0.05, 0.1) is 24.6 Å². The number of aromatic nitrogens is 1. The van der Waals surface area contributed by atoms with Crippen LogP contribution in [0.5, 0.6) is 0 Å². The van der Waals surface area contributed by atoms with Crippen LogP contribution in [0.4, 0.5) is 0 Å². The smallest absolute Gasteiger partial charge is 0.151 e. The third kappa shape index (κ3) is 4.60. The summed E-state index contributed by atoms with van der Waals surface area (Å²) < 4.78 is 12.0. The average molecular weight is 402 g/mol. The second-order valence-corrected chi connectivity index (χ2v) is 8.02. The molecule has 0 amide bonds. The molecule has 0 radical (unpaired) electrons. The third-order valence-electron chi connectivity index (χ3n) is 5.68. The lowest BCUT2D eigenvalue weighted by Crippen LogP contribution is -2.29. The Morgan fingerprint density at radius 1 is 0.633 bits per heavy atom. The van der Waals surface area contributed by atoms with Crippen LogP contribution in [0.3, 0.4) is 0 Å². The number of rotatable bonds is 6. The molecule has 1 aromatic heterocycles. The van der Waals surface area contributed by atoms with Gasteiger partial charge in [-0.2, -0.15) is 0 Å². The fourth-order valence-electron chi connectivity index (χ4n) is 4.18. The van der Waals surface area contributed by atoms with Gasteiger partial charge in [-0.15, -0.1) is 0 Å². The van der Waals surface area contributed by atoms with Gasteiger partial charge in [-0.3, -0.25) is 10.6 Å². The van der Waals surface area contributed by atoms with Crippen molar-refractivity contribution in [2.45, 2.75) is 37.4 Å². The van der Waals surface area contributed by atoms with Crippen LogP contribution < -0.4 is 10.6 Å². The van der Waals surface area contributed by atoms with Gasteiger partial charge in [0, 0.05) is 12.1 Å². The Labute approximate surface area is 177 Å². The van der Waals surface area contributed by atoms with Crippen LogP contribution in [-0.2, 0) is 22.3 Å². The molecule has 2 aromatic carbocycles. The average Bonchev–Trinajstić information content (AvgIpc) is 3.45. The Bertz CT molecular complexity index is 876. The van der Waals surface area contributed by atoms with Crippen molar-refractivity contribution < 1.29 is 9.47 Å². The Morgan fingerprint density at radius 3 is 1.57 bits per heavy atom. The maximum atomic E-state index is 6.01. The minimum atomic E-state index is -0.180. The first kappa shape index (κ1) is 19.4. The van der Waals surface area contributed by atoms with Crippen molar-refractivity contribution in [3.8, 4) is 0 Å². The van der Waals surface area contributed by atoms with Gasteiger partial charge >= 0.3 is 0 Å². The Kier molecular flexibility index (Phi) is 5.86. The summed E-state index contributed by atoms with van der Waals surface area (Å²) in [6.07, 6.45) is 1.54. The predicted molar refractivity (Wildman–Crippen MR) is 116 cm³/mol. The van der Waals surface area contributed by atoms with Gasteiger partial charge in [-0.25, -0.2) is 4.98 Å². The first-order valence-corrected chi connectivity index (χ1v) is 10.6. The normalized spacial score (nSPS) is 26.1. The molecule has 3 heterocycles. The Morgan fingerprint density at radius 2 is 1.10 bits per heavy atom. The first-order valence-electron chi connectivity index (χ1n) is 10.6. The van der Waals surface area contributed by atoms with Gasteiger partial charge in [-0.1, -0.05) is 66.7 Å². The zero-order chi connectivity index (χ0) is 20.2. The van der Waals surface area contributed by atoms with E-state index < -0.39 is 0 Å². The summed E-state index contributed by atoms with van der Waals surface area (Å²) >= 11 is 0. The van der Waals surface area contributed by atoms with E-state index >= 15 is 0 Å². The molecule has 5 rings (SSSR count). The molecule has 4 atom stereocenters. The molecule has 2 unspecified atom stereocenters. The highest BCUT2D eigenvalue weighted by atomic mass is 16.5. The topological polar surface area (TPSA) is 55.4 Å². The quantitative estimate of drug-likeness (QED) is 0.662. The third-order valence-corrected chi connectivity index (χ3v) is 5.68. The summed E-state index contributed by atoms with van der Waals surface area (Å²) in [5.74, 6) is 0. The van der Waals surface area contributed by atoms with Crippen LogP contribution >= 0.6 is 0 Å². The SMILES string of the molecule is c1ccc(C[C@H]2COC(c3cccc(C4N[C@@H](Cc5ccccc5)CO4)n3)N2)cc1. The second kappa shape index (κ2) is 9.06. The number of hydrogen-bond acceptors (Lipinski definition) is 5. The molecule has 2 aliphatic rings. The van der Waals surface area contributed by atoms with E-state index in [4.69, 9.17) is 14.5 Å². The molecule has 0 bridgehead atoms. The molecule has 5 nitrogen and oxygen atoms in total. The van der Waals surface area contributed by atoms with Gasteiger partial charge in [0.15, 0.2) is 12.5 Å². The summed E-state index contributed by atoms with van der Waals surface area (Å²) in [6.45, 7) is 1.37. The molecule has 3 aromatic rings. The van der Waals surface area contributed by atoms with Gasteiger partial charge in [-0.05, 0) is 36.1 Å². The second-order valence-electron chi connectivity index (χ2n) is 8.02. The van der Waals surface area contributed by atoms with E-state index in [9.17, 15) is 0 Å². The van der Waals surface area contributed by atoms with Crippen LogP contribution in [0.25, 0.3) is 0 Å². The molecule has 2 aliphatic heterocycles. The highest BCUT2D eigenvalue weighted by Gasteiger charge is 2.30. The number of benzene rings is 2. The van der Waals surface area contributed by atoms with E-state index in [-0.39, 0.29) is 12.5 Å². The van der Waals surface area contributed by atoms with Gasteiger partial charge in [0.2, 0.25) is 0 Å². The molecule has 0 spiro atoms. The van der Waals surface area contributed by atoms with E-state index in [2.05, 4.69) is 59.2 Å². The summed E-state index contributed by atoms with van der Waals surface area (Å²) in [7, 11) is 0. The van der Waals surface area contributed by atoms with Crippen LogP contribution in [0, 0.1) is 0 Å². The number of ether oxygens (including phenoxy) is 2. The molecule has 2 fully saturated rings. The van der Waals surface area contributed by atoms with Crippen molar-refractivity contribution in [1.82, 2.24) is 15.6 Å². The number of nitrogens with zero attached hydrogens (tertiary/aromatic N) is 1. The summed E-state index contributed by atoms with van der Waals surface area (Å²) in [6, 6.07) is 27.7. The molecule has 2 saturated heterocycles. The number of pyridine rings is 1. The molecule has 154 valence electrons. The summed E-state index contributed by atoms with van der Waals surface area (Å²) in [5.41, 5.74) is 4.43. The molecule has 2 N–H and O–H groups in total. The number of hydrogen-bond donors (Lipinski definition) is 2.